The SMILES string of the molecule is COc1ccc(S(=O)(=O)N(CC(=O)N[C@H](C)CCc2ccccc2)c2ccc(C)cc2)cc1. The van der Waals surface area contributed by atoms with Crippen LogP contribution in [0.5, 0.6) is 5.75 Å². The molecular formula is C26H30N2O4S. The summed E-state index contributed by atoms with van der Waals surface area (Å²) in [6.07, 6.45) is 1.58. The zero-order chi connectivity index (χ0) is 23.8. The van der Waals surface area contributed by atoms with Crippen molar-refractivity contribution < 1.29 is 17.9 Å². The first-order valence-corrected chi connectivity index (χ1v) is 12.3. The molecule has 7 heteroatoms. The Labute approximate surface area is 196 Å². The lowest BCUT2D eigenvalue weighted by molar-refractivity contribution is -0.120. The molecule has 0 saturated heterocycles. The summed E-state index contributed by atoms with van der Waals surface area (Å²) in [7, 11) is -2.44. The van der Waals surface area contributed by atoms with Crippen LogP contribution in [-0.2, 0) is 21.2 Å². The molecule has 0 aromatic heterocycles. The number of hydrogen-bond donors (Lipinski definition) is 1. The van der Waals surface area contributed by atoms with Crippen molar-refractivity contribution in [2.45, 2.75) is 37.6 Å². The Kier molecular flexibility index (Phi) is 8.11. The number of amides is 1. The van der Waals surface area contributed by atoms with E-state index in [0.29, 0.717) is 11.4 Å². The molecule has 0 aliphatic rings. The highest BCUT2D eigenvalue weighted by Gasteiger charge is 2.27. The fourth-order valence-electron chi connectivity index (χ4n) is 3.45. The lowest BCUT2D eigenvalue weighted by Gasteiger charge is -2.25. The smallest absolute Gasteiger partial charge is 0.264 e. The van der Waals surface area contributed by atoms with E-state index in [0.717, 1.165) is 22.7 Å². The Morgan fingerprint density at radius 3 is 2.21 bits per heavy atom. The molecule has 3 aromatic rings. The highest BCUT2D eigenvalue weighted by molar-refractivity contribution is 7.92. The van der Waals surface area contributed by atoms with Crippen molar-refractivity contribution in [2.24, 2.45) is 0 Å². The van der Waals surface area contributed by atoms with Crippen molar-refractivity contribution >= 4 is 21.6 Å². The zero-order valence-electron chi connectivity index (χ0n) is 19.2. The standard InChI is InChI=1S/C26H30N2O4S/c1-20-9-13-23(14-10-20)28(33(30,31)25-17-15-24(32-3)16-18-25)19-26(29)27-21(2)11-12-22-7-5-4-6-8-22/h4-10,13-18,21H,11-12,19H2,1-3H3,(H,27,29)/t21-/m1/s1. The predicted octanol–water partition coefficient (Wildman–Crippen LogP) is 4.34. The maximum absolute atomic E-state index is 13.5. The maximum atomic E-state index is 13.5. The van der Waals surface area contributed by atoms with Gasteiger partial charge >= 0.3 is 0 Å². The molecule has 0 radical (unpaired) electrons. The molecule has 0 aliphatic carbocycles. The molecular weight excluding hydrogens is 436 g/mol. The van der Waals surface area contributed by atoms with Crippen LogP contribution in [0.4, 0.5) is 5.69 Å². The molecule has 0 fully saturated rings. The van der Waals surface area contributed by atoms with Gasteiger partial charge in [-0.2, -0.15) is 0 Å². The Balaban J connectivity index is 1.76. The Hall–Kier alpha value is -3.32. The fourth-order valence-corrected chi connectivity index (χ4v) is 4.87. The summed E-state index contributed by atoms with van der Waals surface area (Å²) in [5, 5.41) is 2.94. The molecule has 0 heterocycles. The van der Waals surface area contributed by atoms with Crippen LogP contribution in [-0.4, -0.2) is 34.0 Å². The molecule has 33 heavy (non-hydrogen) atoms. The van der Waals surface area contributed by atoms with Crippen molar-refractivity contribution in [1.29, 1.82) is 0 Å². The number of carbonyl (C=O) groups is 1. The Morgan fingerprint density at radius 2 is 1.61 bits per heavy atom. The molecule has 174 valence electrons. The van der Waals surface area contributed by atoms with Gasteiger partial charge in [0.05, 0.1) is 17.7 Å². The molecule has 1 atom stereocenters. The second-order valence-electron chi connectivity index (χ2n) is 8.02. The van der Waals surface area contributed by atoms with Gasteiger partial charge in [0.25, 0.3) is 10.0 Å². The summed E-state index contributed by atoms with van der Waals surface area (Å²) >= 11 is 0. The maximum Gasteiger partial charge on any atom is 0.264 e. The molecule has 0 saturated carbocycles. The molecule has 0 spiro atoms. The predicted molar refractivity (Wildman–Crippen MR) is 131 cm³/mol. The van der Waals surface area contributed by atoms with Gasteiger partial charge in [-0.3, -0.25) is 9.10 Å². The number of hydrogen-bond acceptors (Lipinski definition) is 4. The summed E-state index contributed by atoms with van der Waals surface area (Å²) in [4.78, 5) is 12.9. The van der Waals surface area contributed by atoms with E-state index in [1.165, 1.54) is 24.8 Å². The normalized spacial score (nSPS) is 12.1. The lowest BCUT2D eigenvalue weighted by atomic mass is 10.1. The van der Waals surface area contributed by atoms with Gasteiger partial charge in [0, 0.05) is 6.04 Å². The number of sulfonamides is 1. The third-order valence-electron chi connectivity index (χ3n) is 5.37. The van der Waals surface area contributed by atoms with Crippen LogP contribution in [0.15, 0.2) is 83.8 Å². The van der Waals surface area contributed by atoms with Gasteiger partial charge in [0.2, 0.25) is 5.91 Å². The van der Waals surface area contributed by atoms with Crippen LogP contribution in [0, 0.1) is 6.92 Å². The highest BCUT2D eigenvalue weighted by Crippen LogP contribution is 2.25. The largest absolute Gasteiger partial charge is 0.497 e. The summed E-state index contributed by atoms with van der Waals surface area (Å²) in [6, 6.07) is 23.2. The third kappa shape index (κ3) is 6.58. The Morgan fingerprint density at radius 1 is 0.970 bits per heavy atom. The monoisotopic (exact) mass is 466 g/mol. The van der Waals surface area contributed by atoms with E-state index in [4.69, 9.17) is 4.74 Å². The highest BCUT2D eigenvalue weighted by atomic mass is 32.2. The van der Waals surface area contributed by atoms with Crippen molar-refractivity contribution in [3.63, 3.8) is 0 Å². The minimum absolute atomic E-state index is 0.0915. The molecule has 3 rings (SSSR count). The Bertz CT molecular complexity index is 1150. The number of benzene rings is 3. The second kappa shape index (κ2) is 11.0. The number of ether oxygens (including phenoxy) is 1. The number of nitrogens with zero attached hydrogens (tertiary/aromatic N) is 1. The van der Waals surface area contributed by atoms with Gasteiger partial charge in [-0.1, -0.05) is 48.0 Å². The number of carbonyl (C=O) groups excluding carboxylic acids is 1. The average Bonchev–Trinajstić information content (AvgIpc) is 2.82. The van der Waals surface area contributed by atoms with E-state index in [-0.39, 0.29) is 23.4 Å². The molecule has 1 N–H and O–H groups in total. The summed E-state index contributed by atoms with van der Waals surface area (Å²) in [6.45, 7) is 3.54. The van der Waals surface area contributed by atoms with Gasteiger partial charge in [-0.15, -0.1) is 0 Å². The van der Waals surface area contributed by atoms with Gasteiger partial charge in [0.1, 0.15) is 12.3 Å². The molecule has 6 nitrogen and oxygen atoms in total. The number of aryl methyl sites for hydroxylation is 2. The van der Waals surface area contributed by atoms with E-state index in [9.17, 15) is 13.2 Å². The number of methoxy groups -OCH3 is 1. The molecule has 0 unspecified atom stereocenters. The van der Waals surface area contributed by atoms with Crippen molar-refractivity contribution in [3.05, 3.63) is 90.0 Å². The van der Waals surface area contributed by atoms with Gasteiger partial charge in [-0.05, 0) is 68.7 Å². The molecule has 3 aromatic carbocycles. The topological polar surface area (TPSA) is 75.7 Å². The zero-order valence-corrected chi connectivity index (χ0v) is 20.0. The van der Waals surface area contributed by atoms with E-state index in [1.54, 1.807) is 24.3 Å². The first kappa shape index (κ1) is 24.3. The minimum atomic E-state index is -3.96. The van der Waals surface area contributed by atoms with E-state index >= 15 is 0 Å². The average molecular weight is 467 g/mol. The van der Waals surface area contributed by atoms with E-state index < -0.39 is 10.0 Å². The number of rotatable bonds is 10. The summed E-state index contributed by atoms with van der Waals surface area (Å²) in [5.74, 6) is 0.203. The van der Waals surface area contributed by atoms with E-state index in [1.807, 2.05) is 44.2 Å². The third-order valence-corrected chi connectivity index (χ3v) is 7.16. The molecule has 1 amide bonds. The van der Waals surface area contributed by atoms with Crippen molar-refractivity contribution in [1.82, 2.24) is 5.32 Å². The number of anilines is 1. The molecule has 0 bridgehead atoms. The lowest BCUT2D eigenvalue weighted by Crippen LogP contribution is -2.43. The second-order valence-corrected chi connectivity index (χ2v) is 9.88. The van der Waals surface area contributed by atoms with E-state index in [2.05, 4.69) is 17.4 Å². The van der Waals surface area contributed by atoms with Gasteiger partial charge in [0.15, 0.2) is 0 Å². The molecule has 0 aliphatic heterocycles. The quantitative estimate of drug-likeness (QED) is 0.482. The minimum Gasteiger partial charge on any atom is -0.497 e. The van der Waals surface area contributed by atoms with Crippen LogP contribution in [0.3, 0.4) is 0 Å². The first-order chi connectivity index (χ1) is 15.8. The van der Waals surface area contributed by atoms with Gasteiger partial charge < -0.3 is 10.1 Å². The summed E-state index contributed by atoms with van der Waals surface area (Å²) in [5.41, 5.74) is 2.63. The van der Waals surface area contributed by atoms with Crippen LogP contribution < -0.4 is 14.4 Å². The van der Waals surface area contributed by atoms with Crippen molar-refractivity contribution in [3.8, 4) is 5.75 Å². The van der Waals surface area contributed by atoms with Crippen LogP contribution in [0.25, 0.3) is 0 Å². The summed E-state index contributed by atoms with van der Waals surface area (Å²) < 4.78 is 33.2. The van der Waals surface area contributed by atoms with Crippen molar-refractivity contribution in [2.75, 3.05) is 18.0 Å². The first-order valence-electron chi connectivity index (χ1n) is 10.9. The number of nitrogens with one attached hydrogen (secondary N) is 1. The van der Waals surface area contributed by atoms with Crippen LogP contribution >= 0.6 is 0 Å². The van der Waals surface area contributed by atoms with Gasteiger partial charge in [-0.25, -0.2) is 8.42 Å². The van der Waals surface area contributed by atoms with Crippen LogP contribution in [0.2, 0.25) is 0 Å². The van der Waals surface area contributed by atoms with Crippen LogP contribution in [0.1, 0.15) is 24.5 Å². The fraction of sp³-hybridized carbons (Fsp3) is 0.269.